The summed E-state index contributed by atoms with van der Waals surface area (Å²) in [7, 11) is 0. The van der Waals surface area contributed by atoms with Crippen LogP contribution in [0.1, 0.15) is 6.42 Å². The molecular weight excluding hydrogens is 86.1 g/mol. The smallest absolute Gasteiger partial charge is 0.0662 e. The van der Waals surface area contributed by atoms with Crippen molar-refractivity contribution in [2.75, 3.05) is 0 Å². The van der Waals surface area contributed by atoms with Gasteiger partial charge in [0.05, 0.1) is 12.0 Å². The van der Waals surface area contributed by atoms with Gasteiger partial charge in [0, 0.05) is 0 Å². The van der Waals surface area contributed by atoms with Gasteiger partial charge in [0.25, 0.3) is 0 Å². The lowest BCUT2D eigenvalue weighted by Gasteiger charge is -1.70. The van der Waals surface area contributed by atoms with E-state index in [1.807, 2.05) is 6.08 Å². The third-order valence-electron chi connectivity index (χ3n) is 1.31. The molecule has 0 spiro atoms. The lowest BCUT2D eigenvalue weighted by atomic mass is 10.3. The lowest BCUT2D eigenvalue weighted by molar-refractivity contribution is 1.01. The van der Waals surface area contributed by atoms with Crippen molar-refractivity contribution < 1.29 is 0 Å². The van der Waals surface area contributed by atoms with E-state index in [9.17, 15) is 0 Å². The molecule has 0 radical (unpaired) electrons. The Morgan fingerprint density at radius 1 is 1.86 bits per heavy atom. The fourth-order valence-corrected chi connectivity index (χ4v) is 0.624. The van der Waals surface area contributed by atoms with Gasteiger partial charge in [-0.05, 0) is 12.3 Å². The van der Waals surface area contributed by atoms with Crippen LogP contribution in [0.15, 0.2) is 12.7 Å². The molecule has 0 bridgehead atoms. The van der Waals surface area contributed by atoms with Crippen LogP contribution in [0.3, 0.4) is 0 Å². The number of rotatable bonds is 1. The molecule has 0 saturated heterocycles. The summed E-state index contributed by atoms with van der Waals surface area (Å²) < 4.78 is 0. The molecule has 1 fully saturated rings. The molecule has 1 aliphatic rings. The molecule has 1 nitrogen and oxygen atoms in total. The van der Waals surface area contributed by atoms with Crippen molar-refractivity contribution in [2.24, 2.45) is 11.8 Å². The number of hydrogen-bond donors (Lipinski definition) is 0. The molecule has 0 N–H and O–H groups in total. The number of nitriles is 1. The van der Waals surface area contributed by atoms with E-state index in [4.69, 9.17) is 5.26 Å². The zero-order valence-electron chi connectivity index (χ0n) is 4.09. The summed E-state index contributed by atoms with van der Waals surface area (Å²) in [6.07, 6.45) is 2.90. The van der Waals surface area contributed by atoms with Crippen LogP contribution < -0.4 is 0 Å². The Kier molecular flexibility index (Phi) is 0.867. The van der Waals surface area contributed by atoms with Crippen LogP contribution in [0.4, 0.5) is 0 Å². The zero-order valence-corrected chi connectivity index (χ0v) is 4.09. The van der Waals surface area contributed by atoms with Crippen molar-refractivity contribution in [3.63, 3.8) is 0 Å². The molecule has 1 rings (SSSR count). The molecule has 1 aliphatic carbocycles. The zero-order chi connectivity index (χ0) is 5.28. The maximum Gasteiger partial charge on any atom is 0.0662 e. The summed E-state index contributed by atoms with van der Waals surface area (Å²) in [5.74, 6) is 0.822. The van der Waals surface area contributed by atoms with Crippen LogP contribution in [0.5, 0.6) is 0 Å². The van der Waals surface area contributed by atoms with Crippen molar-refractivity contribution in [1.29, 1.82) is 5.26 Å². The quantitative estimate of drug-likeness (QED) is 0.449. The van der Waals surface area contributed by atoms with Gasteiger partial charge in [-0.15, -0.1) is 6.58 Å². The van der Waals surface area contributed by atoms with Crippen LogP contribution in [-0.4, -0.2) is 0 Å². The van der Waals surface area contributed by atoms with Crippen molar-refractivity contribution in [2.45, 2.75) is 6.42 Å². The lowest BCUT2D eigenvalue weighted by Crippen LogP contribution is -1.66. The van der Waals surface area contributed by atoms with Gasteiger partial charge in [0.2, 0.25) is 0 Å². The SMILES string of the molecule is C=C[C@@H]1C[C@@H]1C#N. The predicted octanol–water partition coefficient (Wildman–Crippen LogP) is 1.33. The molecule has 36 valence electrons. The molecule has 1 saturated carbocycles. The minimum atomic E-state index is 0.303. The normalized spacial score (nSPS) is 36.4. The van der Waals surface area contributed by atoms with E-state index < -0.39 is 0 Å². The minimum absolute atomic E-state index is 0.303. The fraction of sp³-hybridized carbons (Fsp3) is 0.500. The topological polar surface area (TPSA) is 23.8 Å². The third-order valence-corrected chi connectivity index (χ3v) is 1.31. The van der Waals surface area contributed by atoms with E-state index in [0.29, 0.717) is 11.8 Å². The molecule has 0 heterocycles. The first-order valence-corrected chi connectivity index (χ1v) is 2.40. The summed E-state index contributed by atoms with van der Waals surface area (Å²) in [5.41, 5.74) is 0. The van der Waals surface area contributed by atoms with E-state index in [0.717, 1.165) is 6.42 Å². The fourth-order valence-electron chi connectivity index (χ4n) is 0.624. The first-order chi connectivity index (χ1) is 3.38. The molecule has 1 heteroatoms. The Hall–Kier alpha value is -0.770. The van der Waals surface area contributed by atoms with Crippen LogP contribution in [0, 0.1) is 23.2 Å². The Bertz CT molecular complexity index is 121. The molecule has 0 aliphatic heterocycles. The third kappa shape index (κ3) is 0.640. The van der Waals surface area contributed by atoms with E-state index in [2.05, 4.69) is 12.6 Å². The monoisotopic (exact) mass is 93.1 g/mol. The highest BCUT2D eigenvalue weighted by atomic mass is 14.4. The summed E-state index contributed by atoms with van der Waals surface area (Å²) in [5, 5.41) is 8.21. The van der Waals surface area contributed by atoms with Crippen molar-refractivity contribution in [1.82, 2.24) is 0 Å². The summed E-state index contributed by atoms with van der Waals surface area (Å²) >= 11 is 0. The predicted molar refractivity (Wildman–Crippen MR) is 27.4 cm³/mol. The summed E-state index contributed by atoms with van der Waals surface area (Å²) in [6.45, 7) is 3.57. The molecule has 0 aromatic heterocycles. The number of allylic oxidation sites excluding steroid dienone is 1. The van der Waals surface area contributed by atoms with Gasteiger partial charge in [0.1, 0.15) is 0 Å². The second-order valence-corrected chi connectivity index (χ2v) is 1.87. The second-order valence-electron chi connectivity index (χ2n) is 1.87. The average molecular weight is 93.1 g/mol. The minimum Gasteiger partial charge on any atom is -0.198 e. The van der Waals surface area contributed by atoms with Gasteiger partial charge in [-0.1, -0.05) is 6.08 Å². The van der Waals surface area contributed by atoms with E-state index >= 15 is 0 Å². The molecule has 0 aromatic carbocycles. The van der Waals surface area contributed by atoms with E-state index in [1.54, 1.807) is 0 Å². The van der Waals surface area contributed by atoms with Gasteiger partial charge in [-0.2, -0.15) is 5.26 Å². The standard InChI is InChI=1S/C6H7N/c1-2-5-3-6(5)4-7/h2,5-6H,1,3H2/t5-,6-/m1/s1. The Balaban J connectivity index is 2.34. The summed E-state index contributed by atoms with van der Waals surface area (Å²) in [4.78, 5) is 0. The van der Waals surface area contributed by atoms with Crippen LogP contribution in [0.2, 0.25) is 0 Å². The van der Waals surface area contributed by atoms with E-state index in [-0.39, 0.29) is 0 Å². The Morgan fingerprint density at radius 2 is 2.57 bits per heavy atom. The van der Waals surface area contributed by atoms with Gasteiger partial charge >= 0.3 is 0 Å². The Labute approximate surface area is 43.3 Å². The number of hydrogen-bond acceptors (Lipinski definition) is 1. The average Bonchev–Trinajstić information content (AvgIpc) is 2.43. The van der Waals surface area contributed by atoms with Crippen LogP contribution in [0.25, 0.3) is 0 Å². The van der Waals surface area contributed by atoms with Crippen LogP contribution >= 0.6 is 0 Å². The highest BCUT2D eigenvalue weighted by Gasteiger charge is 2.33. The van der Waals surface area contributed by atoms with Gasteiger partial charge in [-0.3, -0.25) is 0 Å². The van der Waals surface area contributed by atoms with Gasteiger partial charge < -0.3 is 0 Å². The molecule has 7 heavy (non-hydrogen) atoms. The van der Waals surface area contributed by atoms with Crippen LogP contribution in [-0.2, 0) is 0 Å². The van der Waals surface area contributed by atoms with Crippen molar-refractivity contribution in [3.8, 4) is 6.07 Å². The highest BCUT2D eigenvalue weighted by Crippen LogP contribution is 2.37. The molecule has 0 amide bonds. The highest BCUT2D eigenvalue weighted by molar-refractivity contribution is 5.08. The number of nitrogens with zero attached hydrogens (tertiary/aromatic N) is 1. The molecule has 0 unspecified atom stereocenters. The van der Waals surface area contributed by atoms with Gasteiger partial charge in [0.15, 0.2) is 0 Å². The second kappa shape index (κ2) is 1.38. The molecular formula is C6H7N. The maximum absolute atomic E-state index is 8.21. The molecule has 0 aromatic rings. The summed E-state index contributed by atoms with van der Waals surface area (Å²) in [6, 6.07) is 2.17. The van der Waals surface area contributed by atoms with Crippen molar-refractivity contribution >= 4 is 0 Å². The van der Waals surface area contributed by atoms with Crippen molar-refractivity contribution in [3.05, 3.63) is 12.7 Å². The maximum atomic E-state index is 8.21. The van der Waals surface area contributed by atoms with Gasteiger partial charge in [-0.25, -0.2) is 0 Å². The first kappa shape index (κ1) is 4.39. The van der Waals surface area contributed by atoms with E-state index in [1.165, 1.54) is 0 Å². The largest absolute Gasteiger partial charge is 0.198 e. The Morgan fingerprint density at radius 3 is 2.71 bits per heavy atom. The first-order valence-electron chi connectivity index (χ1n) is 2.40. The molecule has 2 atom stereocenters.